The molecule has 0 aliphatic rings. The molecule has 0 aliphatic carbocycles. The third-order valence-corrected chi connectivity index (χ3v) is 2.76. The van der Waals surface area contributed by atoms with Crippen LogP contribution in [0.15, 0.2) is 18.2 Å². The van der Waals surface area contributed by atoms with Crippen LogP contribution in [0.2, 0.25) is 10.0 Å². The van der Waals surface area contributed by atoms with Crippen molar-refractivity contribution in [3.8, 4) is 0 Å². The number of carboxylic acids is 1. The first-order chi connectivity index (χ1) is 7.50. The average molecular weight is 261 g/mol. The lowest BCUT2D eigenvalue weighted by atomic mass is 10.1. The highest BCUT2D eigenvalue weighted by Gasteiger charge is 2.11. The molecule has 0 saturated heterocycles. The minimum Gasteiger partial charge on any atom is -0.481 e. The molecule has 5 heteroatoms. The minimum absolute atomic E-state index is 0.00309. The Kier molecular flexibility index (Phi) is 4.77. The minimum atomic E-state index is -0.987. The van der Waals surface area contributed by atoms with Crippen molar-refractivity contribution in [1.29, 1.82) is 0 Å². The van der Waals surface area contributed by atoms with E-state index in [1.165, 1.54) is 0 Å². The van der Waals surface area contributed by atoms with Crippen molar-refractivity contribution < 1.29 is 14.7 Å². The molecular formula is C11H10Cl2O3. The van der Waals surface area contributed by atoms with E-state index in [0.717, 1.165) is 0 Å². The zero-order valence-corrected chi connectivity index (χ0v) is 9.88. The van der Waals surface area contributed by atoms with Crippen molar-refractivity contribution in [1.82, 2.24) is 0 Å². The van der Waals surface area contributed by atoms with Gasteiger partial charge in [0.05, 0.1) is 6.42 Å². The summed E-state index contributed by atoms with van der Waals surface area (Å²) in [6.07, 6.45) is -0.0937. The second kappa shape index (κ2) is 5.87. The van der Waals surface area contributed by atoms with Crippen LogP contribution in [0.3, 0.4) is 0 Å². The predicted molar refractivity (Wildman–Crippen MR) is 62.0 cm³/mol. The number of hydrogen-bond donors (Lipinski definition) is 1. The van der Waals surface area contributed by atoms with E-state index in [2.05, 4.69) is 0 Å². The lowest BCUT2D eigenvalue weighted by Crippen LogP contribution is -2.07. The Morgan fingerprint density at radius 3 is 2.19 bits per heavy atom. The highest BCUT2D eigenvalue weighted by Crippen LogP contribution is 2.25. The number of carboxylic acid groups (broad SMARTS) is 1. The Morgan fingerprint density at radius 2 is 1.69 bits per heavy atom. The second-order valence-corrected chi connectivity index (χ2v) is 4.12. The summed E-state index contributed by atoms with van der Waals surface area (Å²) in [5.74, 6) is -1.17. The molecule has 1 aromatic rings. The fourth-order valence-corrected chi connectivity index (χ4v) is 1.76. The van der Waals surface area contributed by atoms with Gasteiger partial charge in [-0.25, -0.2) is 0 Å². The Labute approximate surface area is 103 Å². The SMILES string of the molecule is O=C(O)CCC(=O)Cc1c(Cl)cccc1Cl. The van der Waals surface area contributed by atoms with Gasteiger partial charge in [-0.15, -0.1) is 0 Å². The lowest BCUT2D eigenvalue weighted by Gasteiger charge is -2.05. The molecule has 0 bridgehead atoms. The zero-order valence-electron chi connectivity index (χ0n) is 8.37. The molecule has 86 valence electrons. The third-order valence-electron chi connectivity index (χ3n) is 2.05. The summed E-state index contributed by atoms with van der Waals surface area (Å²) in [6.45, 7) is 0. The standard InChI is InChI=1S/C11H10Cl2O3/c12-9-2-1-3-10(13)8(9)6-7(14)4-5-11(15)16/h1-3H,4-6H2,(H,15,16). The summed E-state index contributed by atoms with van der Waals surface area (Å²) in [7, 11) is 0. The van der Waals surface area contributed by atoms with Gasteiger partial charge in [0.25, 0.3) is 0 Å². The molecule has 0 amide bonds. The molecule has 16 heavy (non-hydrogen) atoms. The van der Waals surface area contributed by atoms with Crippen molar-refractivity contribution in [2.75, 3.05) is 0 Å². The highest BCUT2D eigenvalue weighted by atomic mass is 35.5. The molecule has 0 radical (unpaired) electrons. The van der Waals surface area contributed by atoms with E-state index < -0.39 is 5.97 Å². The number of rotatable bonds is 5. The smallest absolute Gasteiger partial charge is 0.303 e. The molecule has 1 aromatic carbocycles. The largest absolute Gasteiger partial charge is 0.481 e. The maximum atomic E-state index is 11.4. The van der Waals surface area contributed by atoms with Crippen LogP contribution in [0, 0.1) is 0 Å². The van der Waals surface area contributed by atoms with Crippen LogP contribution in [0.1, 0.15) is 18.4 Å². The topological polar surface area (TPSA) is 54.4 Å². The van der Waals surface area contributed by atoms with Gasteiger partial charge < -0.3 is 5.11 Å². The van der Waals surface area contributed by atoms with Crippen molar-refractivity contribution in [2.24, 2.45) is 0 Å². The van der Waals surface area contributed by atoms with Gasteiger partial charge in [0, 0.05) is 22.9 Å². The molecule has 1 rings (SSSR count). The first kappa shape index (κ1) is 13.0. The summed E-state index contributed by atoms with van der Waals surface area (Å²) < 4.78 is 0. The Bertz CT molecular complexity index is 395. The molecule has 0 saturated carbocycles. The van der Waals surface area contributed by atoms with Crippen LogP contribution in [-0.2, 0) is 16.0 Å². The second-order valence-electron chi connectivity index (χ2n) is 3.31. The number of Topliss-reactive ketones (excluding diaryl/α,β-unsaturated/α-hetero) is 1. The fourth-order valence-electron chi connectivity index (χ4n) is 1.23. The molecule has 0 heterocycles. The van der Waals surface area contributed by atoms with Gasteiger partial charge in [-0.3, -0.25) is 9.59 Å². The molecule has 0 atom stereocenters. The number of benzene rings is 1. The summed E-state index contributed by atoms with van der Waals surface area (Å²) in [4.78, 5) is 21.7. The normalized spacial score (nSPS) is 10.1. The molecular weight excluding hydrogens is 251 g/mol. The number of carbonyl (C=O) groups excluding carboxylic acids is 1. The maximum Gasteiger partial charge on any atom is 0.303 e. The highest BCUT2D eigenvalue weighted by molar-refractivity contribution is 6.36. The van der Waals surface area contributed by atoms with Gasteiger partial charge in [0.15, 0.2) is 0 Å². The van der Waals surface area contributed by atoms with Gasteiger partial charge in [0.2, 0.25) is 0 Å². The van der Waals surface area contributed by atoms with Gasteiger partial charge in [-0.2, -0.15) is 0 Å². The van der Waals surface area contributed by atoms with Crippen molar-refractivity contribution in [3.05, 3.63) is 33.8 Å². The van der Waals surface area contributed by atoms with Crippen molar-refractivity contribution in [2.45, 2.75) is 19.3 Å². The molecule has 0 aliphatic heterocycles. The van der Waals surface area contributed by atoms with Crippen molar-refractivity contribution >= 4 is 35.0 Å². The number of carbonyl (C=O) groups is 2. The average Bonchev–Trinajstić information content (AvgIpc) is 2.21. The van der Waals surface area contributed by atoms with E-state index in [1.807, 2.05) is 0 Å². The van der Waals surface area contributed by atoms with Gasteiger partial charge in [-0.05, 0) is 17.7 Å². The molecule has 0 fully saturated rings. The van der Waals surface area contributed by atoms with Crippen LogP contribution in [0.4, 0.5) is 0 Å². The van der Waals surface area contributed by atoms with E-state index >= 15 is 0 Å². The van der Waals surface area contributed by atoms with Crippen LogP contribution in [0.5, 0.6) is 0 Å². The Hall–Kier alpha value is -1.06. The van der Waals surface area contributed by atoms with Crippen LogP contribution < -0.4 is 0 Å². The van der Waals surface area contributed by atoms with E-state index in [-0.39, 0.29) is 25.0 Å². The monoisotopic (exact) mass is 260 g/mol. The Balaban J connectivity index is 2.66. The molecule has 0 unspecified atom stereocenters. The summed E-state index contributed by atoms with van der Waals surface area (Å²) in [5, 5.41) is 9.29. The number of ketones is 1. The number of hydrogen-bond acceptors (Lipinski definition) is 2. The van der Waals surface area contributed by atoms with Gasteiger partial charge in [0.1, 0.15) is 5.78 Å². The quantitative estimate of drug-likeness (QED) is 0.886. The predicted octanol–water partition coefficient (Wildman–Crippen LogP) is 2.97. The number of halogens is 2. The first-order valence-electron chi connectivity index (χ1n) is 4.67. The lowest BCUT2D eigenvalue weighted by molar-refractivity contribution is -0.138. The molecule has 0 spiro atoms. The first-order valence-corrected chi connectivity index (χ1v) is 5.42. The van der Waals surface area contributed by atoms with Gasteiger partial charge >= 0.3 is 5.97 Å². The van der Waals surface area contributed by atoms with Gasteiger partial charge in [-0.1, -0.05) is 29.3 Å². The summed E-state index contributed by atoms with van der Waals surface area (Å²) in [5.41, 5.74) is 0.557. The summed E-state index contributed by atoms with van der Waals surface area (Å²) in [6, 6.07) is 4.98. The van der Waals surface area contributed by atoms with Crippen molar-refractivity contribution in [3.63, 3.8) is 0 Å². The van der Waals surface area contributed by atoms with Crippen LogP contribution >= 0.6 is 23.2 Å². The van der Waals surface area contributed by atoms with Crippen LogP contribution in [-0.4, -0.2) is 16.9 Å². The number of aliphatic carboxylic acids is 1. The van der Waals surface area contributed by atoms with Crippen LogP contribution in [0.25, 0.3) is 0 Å². The van der Waals surface area contributed by atoms with E-state index in [9.17, 15) is 9.59 Å². The van der Waals surface area contributed by atoms with E-state index in [1.54, 1.807) is 18.2 Å². The fraction of sp³-hybridized carbons (Fsp3) is 0.273. The van der Waals surface area contributed by atoms with E-state index in [4.69, 9.17) is 28.3 Å². The Morgan fingerprint density at radius 1 is 1.12 bits per heavy atom. The maximum absolute atomic E-state index is 11.4. The zero-order chi connectivity index (χ0) is 12.1. The molecule has 3 nitrogen and oxygen atoms in total. The summed E-state index contributed by atoms with van der Waals surface area (Å²) >= 11 is 11.8. The van der Waals surface area contributed by atoms with E-state index in [0.29, 0.717) is 15.6 Å². The third kappa shape index (κ3) is 3.83. The molecule has 0 aromatic heterocycles. The molecule has 1 N–H and O–H groups in total.